The Labute approximate surface area is 172 Å². The van der Waals surface area contributed by atoms with E-state index in [1.807, 2.05) is 32.0 Å². The van der Waals surface area contributed by atoms with Gasteiger partial charge < -0.3 is 4.74 Å². The summed E-state index contributed by atoms with van der Waals surface area (Å²) in [5, 5.41) is 2.64. The van der Waals surface area contributed by atoms with Gasteiger partial charge >= 0.3 is 5.97 Å². The molecule has 0 atom stereocenters. The van der Waals surface area contributed by atoms with Crippen LogP contribution in [0.25, 0.3) is 0 Å². The van der Waals surface area contributed by atoms with Crippen LogP contribution in [0.15, 0.2) is 47.8 Å². The number of aromatic nitrogens is 1. The summed E-state index contributed by atoms with van der Waals surface area (Å²) < 4.78 is 5.31. The molecule has 0 aliphatic rings. The summed E-state index contributed by atoms with van der Waals surface area (Å²) in [6.07, 6.45) is 0. The normalized spacial score (nSPS) is 10.6. The number of anilines is 2. The van der Waals surface area contributed by atoms with E-state index in [2.05, 4.69) is 4.98 Å². The molecule has 1 amide bonds. The minimum Gasteiger partial charge on any atom is -0.456 e. The number of hydrogen-bond acceptors (Lipinski definition) is 5. The highest BCUT2D eigenvalue weighted by Crippen LogP contribution is 2.32. The van der Waals surface area contributed by atoms with Crippen molar-refractivity contribution in [1.82, 2.24) is 4.98 Å². The Bertz CT molecular complexity index is 1030. The van der Waals surface area contributed by atoms with E-state index in [9.17, 15) is 9.59 Å². The van der Waals surface area contributed by atoms with Crippen LogP contribution in [0.4, 0.5) is 10.8 Å². The zero-order chi connectivity index (χ0) is 20.3. The van der Waals surface area contributed by atoms with Crippen LogP contribution in [0, 0.1) is 13.8 Å². The van der Waals surface area contributed by atoms with Gasteiger partial charge in [-0.25, -0.2) is 9.78 Å². The molecular formula is C21H19ClN2O3S. The van der Waals surface area contributed by atoms with Crippen LogP contribution in [-0.2, 0) is 16.1 Å². The Hall–Kier alpha value is -2.70. The highest BCUT2D eigenvalue weighted by atomic mass is 35.5. The molecule has 7 heteroatoms. The van der Waals surface area contributed by atoms with E-state index in [0.717, 1.165) is 16.8 Å². The van der Waals surface area contributed by atoms with Crippen LogP contribution in [0.3, 0.4) is 0 Å². The molecule has 1 heterocycles. The third-order valence-corrected chi connectivity index (χ3v) is 5.29. The number of halogens is 1. The first-order chi connectivity index (χ1) is 13.4. The van der Waals surface area contributed by atoms with E-state index in [-0.39, 0.29) is 12.5 Å². The fraction of sp³-hybridized carbons (Fsp3) is 0.190. The zero-order valence-electron chi connectivity index (χ0n) is 15.7. The number of ether oxygens (including phenoxy) is 1. The van der Waals surface area contributed by atoms with Gasteiger partial charge in [-0.15, -0.1) is 11.3 Å². The van der Waals surface area contributed by atoms with Crippen LogP contribution in [0.1, 0.15) is 34.1 Å². The molecule has 0 fully saturated rings. The van der Waals surface area contributed by atoms with Crippen molar-refractivity contribution in [2.75, 3.05) is 4.90 Å². The lowest BCUT2D eigenvalue weighted by molar-refractivity contribution is -0.115. The SMILES string of the molecule is CC(=O)N(c1nc(COC(=O)c2ccccc2Cl)cs1)c1ccc(C)cc1C. The molecule has 0 aliphatic carbocycles. The Morgan fingerprint density at radius 1 is 1.18 bits per heavy atom. The summed E-state index contributed by atoms with van der Waals surface area (Å²) in [6.45, 7) is 5.46. The van der Waals surface area contributed by atoms with Crippen LogP contribution in [0.5, 0.6) is 0 Å². The molecule has 0 bridgehead atoms. The molecule has 3 rings (SSSR count). The van der Waals surface area contributed by atoms with Crippen LogP contribution < -0.4 is 4.90 Å². The second-order valence-electron chi connectivity index (χ2n) is 6.32. The second kappa shape index (κ2) is 8.54. The maximum atomic E-state index is 12.3. The number of carbonyl (C=O) groups is 2. The van der Waals surface area contributed by atoms with E-state index in [1.54, 1.807) is 34.5 Å². The van der Waals surface area contributed by atoms with E-state index >= 15 is 0 Å². The first-order valence-corrected chi connectivity index (χ1v) is 9.86. The van der Waals surface area contributed by atoms with Crippen molar-refractivity contribution in [2.24, 2.45) is 0 Å². The molecule has 5 nitrogen and oxygen atoms in total. The number of aryl methyl sites for hydroxylation is 2. The molecule has 1 aromatic heterocycles. The van der Waals surface area contributed by atoms with Gasteiger partial charge in [0.2, 0.25) is 5.91 Å². The predicted octanol–water partition coefficient (Wildman–Crippen LogP) is 5.45. The van der Waals surface area contributed by atoms with E-state index in [1.165, 1.54) is 18.3 Å². The molecule has 0 saturated heterocycles. The fourth-order valence-electron chi connectivity index (χ4n) is 2.77. The Kier molecular flexibility index (Phi) is 6.11. The average molecular weight is 415 g/mol. The molecule has 0 aliphatic heterocycles. The Morgan fingerprint density at radius 3 is 2.61 bits per heavy atom. The molecule has 0 radical (unpaired) electrons. The largest absolute Gasteiger partial charge is 0.456 e. The Balaban J connectivity index is 1.77. The summed E-state index contributed by atoms with van der Waals surface area (Å²) in [5.74, 6) is -0.654. The standard InChI is InChI=1S/C21H19ClN2O3S/c1-13-8-9-19(14(2)10-13)24(15(3)25)21-23-16(12-28-21)11-27-20(26)17-6-4-5-7-18(17)22/h4-10,12H,11H2,1-3H3. The topological polar surface area (TPSA) is 59.5 Å². The number of nitrogens with zero attached hydrogens (tertiary/aromatic N) is 2. The maximum absolute atomic E-state index is 12.3. The summed E-state index contributed by atoms with van der Waals surface area (Å²) in [7, 11) is 0. The van der Waals surface area contributed by atoms with E-state index < -0.39 is 5.97 Å². The van der Waals surface area contributed by atoms with Gasteiger partial charge in [0.25, 0.3) is 0 Å². The quantitative estimate of drug-likeness (QED) is 0.520. The van der Waals surface area contributed by atoms with Crippen molar-refractivity contribution >= 4 is 45.6 Å². The molecule has 0 saturated carbocycles. The first-order valence-electron chi connectivity index (χ1n) is 8.61. The lowest BCUT2D eigenvalue weighted by Crippen LogP contribution is -2.23. The molecule has 0 spiro atoms. The van der Waals surface area contributed by atoms with Crippen molar-refractivity contribution in [1.29, 1.82) is 0 Å². The van der Waals surface area contributed by atoms with Gasteiger partial charge in [0, 0.05) is 12.3 Å². The predicted molar refractivity (Wildman–Crippen MR) is 111 cm³/mol. The minimum atomic E-state index is -0.516. The third kappa shape index (κ3) is 4.40. The van der Waals surface area contributed by atoms with Crippen LogP contribution in [0.2, 0.25) is 5.02 Å². The number of rotatable bonds is 5. The third-order valence-electron chi connectivity index (χ3n) is 4.08. The smallest absolute Gasteiger partial charge is 0.340 e. The lowest BCUT2D eigenvalue weighted by atomic mass is 10.1. The zero-order valence-corrected chi connectivity index (χ0v) is 17.3. The van der Waals surface area contributed by atoms with Gasteiger partial charge in [0.15, 0.2) is 5.13 Å². The highest BCUT2D eigenvalue weighted by molar-refractivity contribution is 7.14. The van der Waals surface area contributed by atoms with E-state index in [0.29, 0.717) is 21.4 Å². The number of benzene rings is 2. The maximum Gasteiger partial charge on any atom is 0.340 e. The Morgan fingerprint density at radius 2 is 1.93 bits per heavy atom. The van der Waals surface area contributed by atoms with Crippen LogP contribution >= 0.6 is 22.9 Å². The molecule has 144 valence electrons. The molecule has 0 N–H and O–H groups in total. The summed E-state index contributed by atoms with van der Waals surface area (Å²) in [5.41, 5.74) is 3.76. The molecule has 3 aromatic rings. The number of hydrogen-bond donors (Lipinski definition) is 0. The van der Waals surface area contributed by atoms with Crippen molar-refractivity contribution in [3.63, 3.8) is 0 Å². The monoisotopic (exact) mass is 414 g/mol. The van der Waals surface area contributed by atoms with Gasteiger partial charge in [-0.2, -0.15) is 0 Å². The molecule has 28 heavy (non-hydrogen) atoms. The van der Waals surface area contributed by atoms with Gasteiger partial charge in [-0.3, -0.25) is 9.69 Å². The van der Waals surface area contributed by atoms with Gasteiger partial charge in [-0.1, -0.05) is 41.4 Å². The summed E-state index contributed by atoms with van der Waals surface area (Å²) >= 11 is 7.34. The van der Waals surface area contributed by atoms with Gasteiger partial charge in [0.1, 0.15) is 6.61 Å². The van der Waals surface area contributed by atoms with Gasteiger partial charge in [0.05, 0.1) is 22.0 Å². The van der Waals surface area contributed by atoms with Gasteiger partial charge in [-0.05, 0) is 37.6 Å². The van der Waals surface area contributed by atoms with Crippen molar-refractivity contribution < 1.29 is 14.3 Å². The van der Waals surface area contributed by atoms with Crippen molar-refractivity contribution in [3.8, 4) is 0 Å². The summed E-state index contributed by atoms with van der Waals surface area (Å²) in [4.78, 5) is 30.5. The van der Waals surface area contributed by atoms with Crippen molar-refractivity contribution in [2.45, 2.75) is 27.4 Å². The second-order valence-corrected chi connectivity index (χ2v) is 7.57. The molecular weight excluding hydrogens is 396 g/mol. The number of carbonyl (C=O) groups excluding carboxylic acids is 2. The number of thiazole rings is 1. The fourth-order valence-corrected chi connectivity index (χ4v) is 3.85. The average Bonchev–Trinajstić information content (AvgIpc) is 3.10. The number of esters is 1. The lowest BCUT2D eigenvalue weighted by Gasteiger charge is -2.20. The van der Waals surface area contributed by atoms with Crippen LogP contribution in [-0.4, -0.2) is 16.9 Å². The first kappa shape index (κ1) is 20.0. The minimum absolute atomic E-state index is 0.000812. The van der Waals surface area contributed by atoms with Crippen molar-refractivity contribution in [3.05, 3.63) is 75.3 Å². The molecule has 2 aromatic carbocycles. The van der Waals surface area contributed by atoms with E-state index in [4.69, 9.17) is 16.3 Å². The number of amides is 1. The molecule has 0 unspecified atom stereocenters. The highest BCUT2D eigenvalue weighted by Gasteiger charge is 2.20. The summed E-state index contributed by atoms with van der Waals surface area (Å²) in [6, 6.07) is 12.6.